The van der Waals surface area contributed by atoms with Crippen LogP contribution in [0.4, 0.5) is 0 Å². The zero-order valence-corrected chi connectivity index (χ0v) is 10.9. The minimum atomic E-state index is 0.0669. The Kier molecular flexibility index (Phi) is 5.01. The molecule has 3 heteroatoms. The third kappa shape index (κ3) is 2.99. The zero-order valence-electron chi connectivity index (χ0n) is 10.9. The Morgan fingerprint density at radius 3 is 2.29 bits per heavy atom. The van der Waals surface area contributed by atoms with E-state index in [-0.39, 0.29) is 11.7 Å². The minimum absolute atomic E-state index is 0.0669. The van der Waals surface area contributed by atoms with Gasteiger partial charge in [-0.2, -0.15) is 0 Å². The van der Waals surface area contributed by atoms with E-state index in [1.165, 1.54) is 0 Å². The highest BCUT2D eigenvalue weighted by Gasteiger charge is 2.20. The minimum Gasteiger partial charge on any atom is -0.497 e. The largest absolute Gasteiger partial charge is 0.497 e. The fourth-order valence-electron chi connectivity index (χ4n) is 1.88. The number of carbonyl (C=O) groups is 1. The molecule has 0 aliphatic rings. The molecule has 0 N–H and O–H groups in total. The maximum atomic E-state index is 12.3. The normalized spacial score (nSPS) is 10.4. The molecule has 17 heavy (non-hydrogen) atoms. The molecule has 0 radical (unpaired) electrons. The van der Waals surface area contributed by atoms with Gasteiger partial charge in [0.1, 0.15) is 11.5 Å². The molecule has 0 saturated heterocycles. The Morgan fingerprint density at radius 1 is 1.18 bits per heavy atom. The lowest BCUT2D eigenvalue weighted by atomic mass is 9.92. The van der Waals surface area contributed by atoms with Crippen LogP contribution in [0.1, 0.15) is 37.0 Å². The van der Waals surface area contributed by atoms with Crippen LogP contribution in [0.5, 0.6) is 11.5 Å². The highest BCUT2D eigenvalue weighted by molar-refractivity contribution is 6.00. The molecule has 1 aromatic carbocycles. The Morgan fingerprint density at radius 2 is 1.82 bits per heavy atom. The molecule has 3 nitrogen and oxygen atoms in total. The maximum Gasteiger partial charge on any atom is 0.169 e. The molecule has 1 aromatic rings. The first-order valence-corrected chi connectivity index (χ1v) is 5.94. The first-order valence-electron chi connectivity index (χ1n) is 5.94. The molecule has 0 unspecified atom stereocenters. The van der Waals surface area contributed by atoms with Gasteiger partial charge in [-0.15, -0.1) is 0 Å². The molecule has 0 aromatic heterocycles. The summed E-state index contributed by atoms with van der Waals surface area (Å²) in [5, 5.41) is 0. The van der Waals surface area contributed by atoms with Crippen molar-refractivity contribution in [3.63, 3.8) is 0 Å². The van der Waals surface area contributed by atoms with Crippen molar-refractivity contribution in [1.29, 1.82) is 0 Å². The van der Waals surface area contributed by atoms with Gasteiger partial charge in [-0.1, -0.05) is 13.8 Å². The number of carbonyl (C=O) groups excluding carboxylic acids is 1. The number of methoxy groups -OCH3 is 2. The van der Waals surface area contributed by atoms with Crippen LogP contribution in [0.2, 0.25) is 0 Å². The summed E-state index contributed by atoms with van der Waals surface area (Å²) in [4.78, 5) is 12.3. The van der Waals surface area contributed by atoms with Gasteiger partial charge in [-0.25, -0.2) is 0 Å². The lowest BCUT2D eigenvalue weighted by Crippen LogP contribution is -2.14. The van der Waals surface area contributed by atoms with Gasteiger partial charge in [0, 0.05) is 12.0 Å². The van der Waals surface area contributed by atoms with Crippen molar-refractivity contribution >= 4 is 5.78 Å². The third-order valence-corrected chi connectivity index (χ3v) is 3.03. The second-order valence-corrected chi connectivity index (χ2v) is 3.94. The molecule has 0 atom stereocenters. The summed E-state index contributed by atoms with van der Waals surface area (Å²) < 4.78 is 10.4. The van der Waals surface area contributed by atoms with Gasteiger partial charge in [0.05, 0.1) is 19.8 Å². The van der Waals surface area contributed by atoms with E-state index in [0.29, 0.717) is 17.1 Å². The van der Waals surface area contributed by atoms with Crippen molar-refractivity contribution in [3.05, 3.63) is 23.8 Å². The van der Waals surface area contributed by atoms with Gasteiger partial charge in [-0.05, 0) is 25.0 Å². The lowest BCUT2D eigenvalue weighted by molar-refractivity contribution is 0.0910. The summed E-state index contributed by atoms with van der Waals surface area (Å²) in [6, 6.07) is 5.31. The van der Waals surface area contributed by atoms with Gasteiger partial charge in [0.15, 0.2) is 5.78 Å². The summed E-state index contributed by atoms with van der Waals surface area (Å²) in [6.45, 7) is 4.06. The number of Topliss-reactive ketones (excluding diaryl/α,β-unsaturated/α-hetero) is 1. The molecular weight excluding hydrogens is 216 g/mol. The van der Waals surface area contributed by atoms with Crippen molar-refractivity contribution in [3.8, 4) is 11.5 Å². The van der Waals surface area contributed by atoms with Gasteiger partial charge in [0.2, 0.25) is 0 Å². The van der Waals surface area contributed by atoms with Gasteiger partial charge < -0.3 is 9.47 Å². The van der Waals surface area contributed by atoms with E-state index < -0.39 is 0 Å². The fourth-order valence-corrected chi connectivity index (χ4v) is 1.88. The van der Waals surface area contributed by atoms with E-state index in [2.05, 4.69) is 0 Å². The molecule has 0 fully saturated rings. The molecule has 0 amide bonds. The molecule has 0 aliphatic carbocycles. The highest BCUT2D eigenvalue weighted by atomic mass is 16.5. The quantitative estimate of drug-likeness (QED) is 0.711. The van der Waals surface area contributed by atoms with Crippen molar-refractivity contribution in [2.75, 3.05) is 14.2 Å². The Balaban J connectivity index is 3.08. The average Bonchev–Trinajstić information content (AvgIpc) is 2.39. The molecule has 0 saturated carbocycles. The summed E-state index contributed by atoms with van der Waals surface area (Å²) in [7, 11) is 3.16. The number of hydrogen-bond donors (Lipinski definition) is 0. The topological polar surface area (TPSA) is 35.5 Å². The fraction of sp³-hybridized carbons (Fsp3) is 0.500. The standard InChI is InChI=1S/C14H20O3/c1-5-10(6-2)14(15)12-8-7-11(16-3)9-13(12)17-4/h7-10H,5-6H2,1-4H3. The smallest absolute Gasteiger partial charge is 0.169 e. The monoisotopic (exact) mass is 236 g/mol. The van der Waals surface area contributed by atoms with Crippen LogP contribution in [-0.2, 0) is 0 Å². The SMILES string of the molecule is CCC(CC)C(=O)c1ccc(OC)cc1OC. The van der Waals surface area contributed by atoms with Crippen LogP contribution in [0.25, 0.3) is 0 Å². The number of ether oxygens (including phenoxy) is 2. The Labute approximate surface area is 103 Å². The Bertz CT molecular complexity index is 381. The summed E-state index contributed by atoms with van der Waals surface area (Å²) in [5.74, 6) is 1.50. The summed E-state index contributed by atoms with van der Waals surface area (Å²) >= 11 is 0. The first-order chi connectivity index (χ1) is 8.17. The summed E-state index contributed by atoms with van der Waals surface area (Å²) in [5.41, 5.74) is 0.641. The van der Waals surface area contributed by atoms with Gasteiger partial charge in [-0.3, -0.25) is 4.79 Å². The van der Waals surface area contributed by atoms with Crippen LogP contribution in [0, 0.1) is 5.92 Å². The van der Waals surface area contributed by atoms with Gasteiger partial charge in [0.25, 0.3) is 0 Å². The zero-order chi connectivity index (χ0) is 12.8. The van der Waals surface area contributed by atoms with E-state index in [4.69, 9.17) is 9.47 Å². The van der Waals surface area contributed by atoms with E-state index in [0.717, 1.165) is 12.8 Å². The summed E-state index contributed by atoms with van der Waals surface area (Å²) in [6.07, 6.45) is 1.70. The van der Waals surface area contributed by atoms with E-state index >= 15 is 0 Å². The molecule has 0 bridgehead atoms. The second-order valence-electron chi connectivity index (χ2n) is 3.94. The van der Waals surface area contributed by atoms with E-state index in [9.17, 15) is 4.79 Å². The number of ketones is 1. The van der Waals surface area contributed by atoms with Gasteiger partial charge >= 0.3 is 0 Å². The Hall–Kier alpha value is -1.51. The lowest BCUT2D eigenvalue weighted by Gasteiger charge is -2.14. The molecule has 0 heterocycles. The van der Waals surface area contributed by atoms with Crippen LogP contribution in [-0.4, -0.2) is 20.0 Å². The molecule has 94 valence electrons. The predicted molar refractivity (Wildman–Crippen MR) is 67.9 cm³/mol. The van der Waals surface area contributed by atoms with Crippen LogP contribution < -0.4 is 9.47 Å². The van der Waals surface area contributed by atoms with Crippen molar-refractivity contribution in [2.24, 2.45) is 5.92 Å². The number of rotatable bonds is 6. The molecule has 1 rings (SSSR count). The van der Waals surface area contributed by atoms with Crippen molar-refractivity contribution in [1.82, 2.24) is 0 Å². The molecule has 0 spiro atoms. The van der Waals surface area contributed by atoms with Crippen LogP contribution in [0.3, 0.4) is 0 Å². The second kappa shape index (κ2) is 6.28. The third-order valence-electron chi connectivity index (χ3n) is 3.03. The maximum absolute atomic E-state index is 12.3. The predicted octanol–water partition coefficient (Wildman–Crippen LogP) is 3.32. The van der Waals surface area contributed by atoms with E-state index in [1.807, 2.05) is 13.8 Å². The molecular formula is C14H20O3. The number of benzene rings is 1. The molecule has 0 aliphatic heterocycles. The first kappa shape index (κ1) is 13.6. The highest BCUT2D eigenvalue weighted by Crippen LogP contribution is 2.28. The van der Waals surface area contributed by atoms with E-state index in [1.54, 1.807) is 32.4 Å². The van der Waals surface area contributed by atoms with Crippen LogP contribution >= 0.6 is 0 Å². The van der Waals surface area contributed by atoms with Crippen molar-refractivity contribution < 1.29 is 14.3 Å². The average molecular weight is 236 g/mol. The number of hydrogen-bond acceptors (Lipinski definition) is 3. The van der Waals surface area contributed by atoms with Crippen LogP contribution in [0.15, 0.2) is 18.2 Å². The van der Waals surface area contributed by atoms with Crippen molar-refractivity contribution in [2.45, 2.75) is 26.7 Å².